The van der Waals surface area contributed by atoms with Crippen LogP contribution in [0.15, 0.2) is 18.2 Å². The Morgan fingerprint density at radius 1 is 1.06 bits per heavy atom. The molecule has 0 unspecified atom stereocenters. The zero-order valence-electron chi connectivity index (χ0n) is 9.62. The van der Waals surface area contributed by atoms with E-state index in [0.29, 0.717) is 0 Å². The van der Waals surface area contributed by atoms with E-state index < -0.39 is 0 Å². The van der Waals surface area contributed by atoms with Crippen LogP contribution in [-0.4, -0.2) is 13.0 Å². The van der Waals surface area contributed by atoms with Crippen LogP contribution in [0.5, 0.6) is 0 Å². The van der Waals surface area contributed by atoms with Crippen molar-refractivity contribution in [3.8, 4) is 0 Å². The van der Waals surface area contributed by atoms with Gasteiger partial charge >= 0.3 is 0 Å². The van der Waals surface area contributed by atoms with Crippen LogP contribution >= 0.6 is 0 Å². The second-order valence-corrected chi connectivity index (χ2v) is 5.02. The zero-order chi connectivity index (χ0) is 11.1. The number of hydrogen-bond donors (Lipinski definition) is 1. The van der Waals surface area contributed by atoms with Gasteiger partial charge in [-0.05, 0) is 60.8 Å². The quantitative estimate of drug-likeness (QED) is 0.825. The summed E-state index contributed by atoms with van der Waals surface area (Å²) in [6.45, 7) is 0. The molecule has 0 radical (unpaired) electrons. The van der Waals surface area contributed by atoms with Gasteiger partial charge in [0.25, 0.3) is 5.91 Å². The van der Waals surface area contributed by atoms with Crippen molar-refractivity contribution in [2.75, 3.05) is 7.05 Å². The summed E-state index contributed by atoms with van der Waals surface area (Å²) in [5.41, 5.74) is 3.60. The highest BCUT2D eigenvalue weighted by atomic mass is 16.1. The predicted molar refractivity (Wildman–Crippen MR) is 63.8 cm³/mol. The van der Waals surface area contributed by atoms with Crippen LogP contribution in [0, 0.1) is 0 Å². The fraction of sp³-hybridized carbons (Fsp3) is 0.500. The molecule has 1 aromatic rings. The SMILES string of the molecule is CNC(=O)c1cc(C2CC2)cc(C2CC2)c1. The maximum absolute atomic E-state index is 11.7. The average molecular weight is 215 g/mol. The molecule has 0 bridgehead atoms. The maximum atomic E-state index is 11.7. The van der Waals surface area contributed by atoms with Crippen molar-refractivity contribution < 1.29 is 4.79 Å². The summed E-state index contributed by atoms with van der Waals surface area (Å²) in [4.78, 5) is 11.7. The minimum atomic E-state index is 0.0457. The van der Waals surface area contributed by atoms with E-state index in [2.05, 4.69) is 23.5 Å². The van der Waals surface area contributed by atoms with Crippen molar-refractivity contribution in [2.24, 2.45) is 0 Å². The average Bonchev–Trinajstić information content (AvgIpc) is 3.20. The third-order valence-electron chi connectivity index (χ3n) is 3.56. The van der Waals surface area contributed by atoms with Gasteiger partial charge in [0.1, 0.15) is 0 Å². The Hall–Kier alpha value is -1.31. The van der Waals surface area contributed by atoms with Gasteiger partial charge in [-0.3, -0.25) is 4.79 Å². The van der Waals surface area contributed by atoms with E-state index in [9.17, 15) is 4.79 Å². The van der Waals surface area contributed by atoms with Gasteiger partial charge in [0.2, 0.25) is 0 Å². The summed E-state index contributed by atoms with van der Waals surface area (Å²) >= 11 is 0. The molecule has 2 aliphatic rings. The second-order valence-electron chi connectivity index (χ2n) is 5.02. The Labute approximate surface area is 96.1 Å². The minimum Gasteiger partial charge on any atom is -0.355 e. The molecule has 2 aliphatic carbocycles. The molecule has 0 aromatic heterocycles. The first-order chi connectivity index (χ1) is 7.78. The topological polar surface area (TPSA) is 29.1 Å². The van der Waals surface area contributed by atoms with Crippen molar-refractivity contribution in [3.05, 3.63) is 34.9 Å². The van der Waals surface area contributed by atoms with Crippen LogP contribution < -0.4 is 5.32 Å². The first kappa shape index (κ1) is 9.88. The van der Waals surface area contributed by atoms with Crippen LogP contribution in [0.25, 0.3) is 0 Å². The highest BCUT2D eigenvalue weighted by Crippen LogP contribution is 2.45. The lowest BCUT2D eigenvalue weighted by atomic mass is 9.99. The van der Waals surface area contributed by atoms with Gasteiger partial charge in [0.05, 0.1) is 0 Å². The number of carbonyl (C=O) groups is 1. The Kier molecular flexibility index (Phi) is 2.23. The summed E-state index contributed by atoms with van der Waals surface area (Å²) in [6, 6.07) is 6.46. The number of rotatable bonds is 3. The number of carbonyl (C=O) groups excluding carboxylic acids is 1. The lowest BCUT2D eigenvalue weighted by molar-refractivity contribution is 0.0963. The number of benzene rings is 1. The van der Waals surface area contributed by atoms with Crippen molar-refractivity contribution in [1.29, 1.82) is 0 Å². The minimum absolute atomic E-state index is 0.0457. The van der Waals surface area contributed by atoms with E-state index in [1.807, 2.05) is 0 Å². The summed E-state index contributed by atoms with van der Waals surface area (Å²) < 4.78 is 0. The third-order valence-corrected chi connectivity index (χ3v) is 3.56. The third kappa shape index (κ3) is 1.84. The first-order valence-electron chi connectivity index (χ1n) is 6.15. The van der Waals surface area contributed by atoms with Crippen molar-refractivity contribution in [1.82, 2.24) is 5.32 Å². The van der Waals surface area contributed by atoms with Crippen molar-refractivity contribution in [3.63, 3.8) is 0 Å². The fourth-order valence-corrected chi connectivity index (χ4v) is 2.26. The Morgan fingerprint density at radius 2 is 1.56 bits per heavy atom. The molecule has 1 N–H and O–H groups in total. The van der Waals surface area contributed by atoms with E-state index in [0.717, 1.165) is 17.4 Å². The van der Waals surface area contributed by atoms with Crippen molar-refractivity contribution in [2.45, 2.75) is 37.5 Å². The monoisotopic (exact) mass is 215 g/mol. The van der Waals surface area contributed by atoms with Gasteiger partial charge < -0.3 is 5.32 Å². The lowest BCUT2D eigenvalue weighted by Crippen LogP contribution is -2.18. The zero-order valence-corrected chi connectivity index (χ0v) is 9.62. The molecule has 2 heteroatoms. The normalized spacial score (nSPS) is 19.6. The van der Waals surface area contributed by atoms with Gasteiger partial charge in [0, 0.05) is 12.6 Å². The summed E-state index contributed by atoms with van der Waals surface area (Å²) in [7, 11) is 1.70. The Bertz CT molecular complexity index is 400. The molecule has 0 saturated heterocycles. The molecule has 3 rings (SSSR count). The Morgan fingerprint density at radius 3 is 1.94 bits per heavy atom. The standard InChI is InChI=1S/C14H17NO/c1-15-14(16)13-7-11(9-2-3-9)6-12(8-13)10-4-5-10/h6-10H,2-5H2,1H3,(H,15,16). The van der Waals surface area contributed by atoms with E-state index in [1.165, 1.54) is 36.8 Å². The molecular formula is C14H17NO. The van der Waals surface area contributed by atoms with Crippen LogP contribution in [0.3, 0.4) is 0 Å². The number of amides is 1. The van der Waals surface area contributed by atoms with Gasteiger partial charge in [-0.15, -0.1) is 0 Å². The largest absolute Gasteiger partial charge is 0.355 e. The van der Waals surface area contributed by atoms with E-state index in [-0.39, 0.29) is 5.91 Å². The summed E-state index contributed by atoms with van der Waals surface area (Å²) in [6.07, 6.45) is 5.17. The van der Waals surface area contributed by atoms with Crippen LogP contribution in [-0.2, 0) is 0 Å². The van der Waals surface area contributed by atoms with Crippen LogP contribution in [0.2, 0.25) is 0 Å². The molecule has 0 heterocycles. The van der Waals surface area contributed by atoms with Crippen LogP contribution in [0.1, 0.15) is 59.0 Å². The van der Waals surface area contributed by atoms with E-state index >= 15 is 0 Å². The van der Waals surface area contributed by atoms with E-state index in [4.69, 9.17) is 0 Å². The highest BCUT2D eigenvalue weighted by molar-refractivity contribution is 5.94. The lowest BCUT2D eigenvalue weighted by Gasteiger charge is -2.07. The summed E-state index contributed by atoms with van der Waals surface area (Å²) in [5.74, 6) is 1.49. The second kappa shape index (κ2) is 3.62. The summed E-state index contributed by atoms with van der Waals surface area (Å²) in [5, 5.41) is 2.72. The van der Waals surface area contributed by atoms with Gasteiger partial charge in [0.15, 0.2) is 0 Å². The molecule has 84 valence electrons. The van der Waals surface area contributed by atoms with E-state index in [1.54, 1.807) is 7.05 Å². The molecule has 2 saturated carbocycles. The molecule has 2 fully saturated rings. The molecule has 16 heavy (non-hydrogen) atoms. The molecule has 1 aromatic carbocycles. The first-order valence-corrected chi connectivity index (χ1v) is 6.15. The smallest absolute Gasteiger partial charge is 0.251 e. The molecule has 0 atom stereocenters. The highest BCUT2D eigenvalue weighted by Gasteiger charge is 2.29. The molecule has 1 amide bonds. The number of nitrogens with one attached hydrogen (secondary N) is 1. The van der Waals surface area contributed by atoms with Crippen molar-refractivity contribution >= 4 is 5.91 Å². The van der Waals surface area contributed by atoms with Crippen LogP contribution in [0.4, 0.5) is 0 Å². The molecule has 0 aliphatic heterocycles. The Balaban J connectivity index is 1.99. The fourth-order valence-electron chi connectivity index (χ4n) is 2.26. The molecule has 0 spiro atoms. The van der Waals surface area contributed by atoms with Gasteiger partial charge in [-0.1, -0.05) is 6.07 Å². The number of hydrogen-bond acceptors (Lipinski definition) is 1. The molecule has 2 nitrogen and oxygen atoms in total. The predicted octanol–water partition coefficient (Wildman–Crippen LogP) is 2.80. The van der Waals surface area contributed by atoms with Gasteiger partial charge in [-0.25, -0.2) is 0 Å². The maximum Gasteiger partial charge on any atom is 0.251 e. The molecular weight excluding hydrogens is 198 g/mol. The van der Waals surface area contributed by atoms with Gasteiger partial charge in [-0.2, -0.15) is 0 Å².